The molecule has 2 rings (SSSR count). The van der Waals surface area contributed by atoms with Crippen molar-refractivity contribution in [3.63, 3.8) is 0 Å². The number of nitrogens with zero attached hydrogens (tertiary/aromatic N) is 1. The van der Waals surface area contributed by atoms with Crippen molar-refractivity contribution in [2.45, 2.75) is 6.92 Å². The van der Waals surface area contributed by atoms with E-state index in [1.165, 1.54) is 18.2 Å². The van der Waals surface area contributed by atoms with E-state index in [1.54, 1.807) is 12.1 Å². The first kappa shape index (κ1) is 15.7. The summed E-state index contributed by atoms with van der Waals surface area (Å²) in [7, 11) is 0. The number of halogens is 2. The molecule has 0 heterocycles. The number of benzene rings is 2. The average molecular weight is 414 g/mol. The van der Waals surface area contributed by atoms with Crippen LogP contribution >= 0.6 is 31.9 Å². The van der Waals surface area contributed by atoms with Gasteiger partial charge in [-0.05, 0) is 30.7 Å². The van der Waals surface area contributed by atoms with Gasteiger partial charge in [0, 0.05) is 32.3 Å². The number of hydrogen-bond acceptors (Lipinski definition) is 3. The first-order valence-electron chi connectivity index (χ1n) is 5.90. The Hall–Kier alpha value is -1.73. The fraction of sp³-hybridized carbons (Fsp3) is 0.0714. The number of non-ortho nitro benzene ring substituents is 1. The van der Waals surface area contributed by atoms with Gasteiger partial charge in [0.25, 0.3) is 11.6 Å². The lowest BCUT2D eigenvalue weighted by molar-refractivity contribution is -0.384. The number of nitrogens with one attached hydrogen (secondary N) is 1. The van der Waals surface area contributed by atoms with E-state index >= 15 is 0 Å². The van der Waals surface area contributed by atoms with E-state index in [4.69, 9.17) is 0 Å². The smallest absolute Gasteiger partial charge is 0.271 e. The van der Waals surface area contributed by atoms with Crippen molar-refractivity contribution in [2.75, 3.05) is 5.32 Å². The molecule has 7 heteroatoms. The molecule has 1 amide bonds. The molecule has 5 nitrogen and oxygen atoms in total. The Balaban J connectivity index is 2.32. The maximum atomic E-state index is 12.2. The van der Waals surface area contributed by atoms with Gasteiger partial charge in [0.05, 0.1) is 4.92 Å². The lowest BCUT2D eigenvalue weighted by atomic mass is 10.1. The van der Waals surface area contributed by atoms with E-state index in [0.29, 0.717) is 10.2 Å². The van der Waals surface area contributed by atoms with E-state index in [2.05, 4.69) is 37.2 Å². The van der Waals surface area contributed by atoms with Crippen LogP contribution in [0.2, 0.25) is 0 Å². The number of carbonyl (C=O) groups is 1. The molecule has 21 heavy (non-hydrogen) atoms. The Morgan fingerprint density at radius 2 is 1.95 bits per heavy atom. The van der Waals surface area contributed by atoms with Crippen LogP contribution in [0.25, 0.3) is 0 Å². The Bertz CT molecular complexity index is 732. The number of carbonyl (C=O) groups excluding carboxylic acids is 1. The molecule has 2 aromatic carbocycles. The van der Waals surface area contributed by atoms with Gasteiger partial charge < -0.3 is 5.32 Å². The number of amides is 1. The Labute approximate surface area is 137 Å². The highest BCUT2D eigenvalue weighted by atomic mass is 79.9. The molecule has 0 unspecified atom stereocenters. The zero-order valence-corrected chi connectivity index (χ0v) is 14.1. The van der Waals surface area contributed by atoms with Gasteiger partial charge in [-0.1, -0.05) is 37.9 Å². The first-order valence-corrected chi connectivity index (χ1v) is 7.48. The van der Waals surface area contributed by atoms with Crippen LogP contribution in [0.4, 0.5) is 11.4 Å². The van der Waals surface area contributed by atoms with Crippen LogP contribution in [-0.2, 0) is 0 Å². The second kappa shape index (κ2) is 6.36. The summed E-state index contributed by atoms with van der Waals surface area (Å²) in [6.45, 7) is 1.86. The maximum Gasteiger partial charge on any atom is 0.271 e. The van der Waals surface area contributed by atoms with Gasteiger partial charge in [-0.3, -0.25) is 14.9 Å². The van der Waals surface area contributed by atoms with Crippen molar-refractivity contribution in [1.29, 1.82) is 0 Å². The number of nitro benzene ring substituents is 1. The normalized spacial score (nSPS) is 10.2. The zero-order valence-electron chi connectivity index (χ0n) is 10.9. The summed E-state index contributed by atoms with van der Waals surface area (Å²) in [6, 6.07) is 9.57. The number of anilines is 1. The van der Waals surface area contributed by atoms with E-state index in [9.17, 15) is 14.9 Å². The van der Waals surface area contributed by atoms with Crippen molar-refractivity contribution in [2.24, 2.45) is 0 Å². The fourth-order valence-corrected chi connectivity index (χ4v) is 2.60. The molecule has 0 aliphatic heterocycles. The van der Waals surface area contributed by atoms with Gasteiger partial charge in [0.2, 0.25) is 0 Å². The SMILES string of the molecule is Cc1c(Br)cccc1NC(=O)c1cc(Br)cc([N+](=O)[O-])c1. The summed E-state index contributed by atoms with van der Waals surface area (Å²) in [5.74, 6) is -0.402. The standard InChI is InChI=1S/C14H10Br2N2O3/c1-8-12(16)3-2-4-13(8)17-14(19)9-5-10(15)7-11(6-9)18(20)21/h2-7H,1H3,(H,17,19). The molecule has 108 valence electrons. The fourth-order valence-electron chi connectivity index (χ4n) is 1.75. The van der Waals surface area contributed by atoms with E-state index in [1.807, 2.05) is 13.0 Å². The third-order valence-electron chi connectivity index (χ3n) is 2.87. The predicted molar refractivity (Wildman–Crippen MR) is 87.6 cm³/mol. The molecule has 0 spiro atoms. The highest BCUT2D eigenvalue weighted by Gasteiger charge is 2.15. The average Bonchev–Trinajstić information content (AvgIpc) is 2.43. The van der Waals surface area contributed by atoms with Crippen molar-refractivity contribution in [3.8, 4) is 0 Å². The number of hydrogen-bond donors (Lipinski definition) is 1. The molecule has 0 aliphatic rings. The Kier molecular flexibility index (Phi) is 4.74. The van der Waals surface area contributed by atoms with Gasteiger partial charge in [0.1, 0.15) is 0 Å². The van der Waals surface area contributed by atoms with Crippen LogP contribution in [0.3, 0.4) is 0 Å². The molecule has 0 aromatic heterocycles. The number of nitro groups is 1. The molecule has 0 atom stereocenters. The third kappa shape index (κ3) is 3.68. The Morgan fingerprint density at radius 3 is 2.62 bits per heavy atom. The van der Waals surface area contributed by atoms with Crippen LogP contribution in [0.15, 0.2) is 45.3 Å². The third-order valence-corrected chi connectivity index (χ3v) is 4.19. The predicted octanol–water partition coefficient (Wildman–Crippen LogP) is 4.68. The summed E-state index contributed by atoms with van der Waals surface area (Å²) in [6.07, 6.45) is 0. The minimum atomic E-state index is -0.536. The molecular formula is C14H10Br2N2O3. The van der Waals surface area contributed by atoms with E-state index < -0.39 is 10.8 Å². The van der Waals surface area contributed by atoms with Gasteiger partial charge in [-0.25, -0.2) is 0 Å². The zero-order chi connectivity index (χ0) is 15.6. The van der Waals surface area contributed by atoms with Crippen LogP contribution < -0.4 is 5.32 Å². The van der Waals surface area contributed by atoms with Gasteiger partial charge in [-0.2, -0.15) is 0 Å². The largest absolute Gasteiger partial charge is 0.322 e. The molecular weight excluding hydrogens is 404 g/mol. The first-order chi connectivity index (χ1) is 9.88. The number of rotatable bonds is 3. The van der Waals surface area contributed by atoms with Gasteiger partial charge >= 0.3 is 0 Å². The molecule has 0 saturated carbocycles. The maximum absolute atomic E-state index is 12.2. The highest BCUT2D eigenvalue weighted by Crippen LogP contribution is 2.25. The summed E-state index contributed by atoms with van der Waals surface area (Å²) >= 11 is 6.56. The van der Waals surface area contributed by atoms with Crippen molar-refractivity contribution in [1.82, 2.24) is 0 Å². The second-order valence-corrected chi connectivity index (χ2v) is 6.09. The van der Waals surface area contributed by atoms with Crippen molar-refractivity contribution < 1.29 is 9.72 Å². The van der Waals surface area contributed by atoms with E-state index in [0.717, 1.165) is 10.0 Å². The summed E-state index contributed by atoms with van der Waals surface area (Å²) in [5.41, 5.74) is 1.61. The van der Waals surface area contributed by atoms with Crippen LogP contribution in [0.1, 0.15) is 15.9 Å². The molecule has 1 N–H and O–H groups in total. The second-order valence-electron chi connectivity index (χ2n) is 4.32. The van der Waals surface area contributed by atoms with Gasteiger partial charge in [-0.15, -0.1) is 0 Å². The molecule has 0 radical (unpaired) electrons. The quantitative estimate of drug-likeness (QED) is 0.586. The van der Waals surface area contributed by atoms with Crippen molar-refractivity contribution >= 4 is 49.1 Å². The van der Waals surface area contributed by atoms with Crippen LogP contribution in [0, 0.1) is 17.0 Å². The van der Waals surface area contributed by atoms with Crippen LogP contribution in [0.5, 0.6) is 0 Å². The van der Waals surface area contributed by atoms with Gasteiger partial charge in [0.15, 0.2) is 0 Å². The minimum absolute atomic E-state index is 0.138. The lowest BCUT2D eigenvalue weighted by Crippen LogP contribution is -2.13. The lowest BCUT2D eigenvalue weighted by Gasteiger charge is -2.10. The van der Waals surface area contributed by atoms with Crippen molar-refractivity contribution in [3.05, 3.63) is 66.6 Å². The molecule has 0 bridgehead atoms. The molecule has 0 saturated heterocycles. The molecule has 0 fully saturated rings. The summed E-state index contributed by atoms with van der Waals surface area (Å²) in [4.78, 5) is 22.5. The monoisotopic (exact) mass is 412 g/mol. The highest BCUT2D eigenvalue weighted by molar-refractivity contribution is 9.10. The minimum Gasteiger partial charge on any atom is -0.322 e. The Morgan fingerprint density at radius 1 is 1.24 bits per heavy atom. The molecule has 2 aromatic rings. The summed E-state index contributed by atoms with van der Waals surface area (Å²) in [5, 5.41) is 13.6. The topological polar surface area (TPSA) is 72.2 Å². The molecule has 0 aliphatic carbocycles. The van der Waals surface area contributed by atoms with Crippen LogP contribution in [-0.4, -0.2) is 10.8 Å². The van der Waals surface area contributed by atoms with E-state index in [-0.39, 0.29) is 11.3 Å². The summed E-state index contributed by atoms with van der Waals surface area (Å²) < 4.78 is 1.35.